The molecule has 1 N–H and O–H groups in total. The predicted octanol–water partition coefficient (Wildman–Crippen LogP) is 5.21. The summed E-state index contributed by atoms with van der Waals surface area (Å²) in [7, 11) is 0. The van der Waals surface area contributed by atoms with E-state index in [4.69, 9.17) is 0 Å². The molecule has 1 fully saturated rings. The maximum absolute atomic E-state index is 12.9. The van der Waals surface area contributed by atoms with Crippen LogP contribution in [0.25, 0.3) is 10.8 Å². The number of likely N-dealkylation sites (tertiary alicyclic amines) is 1. The zero-order valence-electron chi connectivity index (χ0n) is 13.5. The van der Waals surface area contributed by atoms with Crippen LogP contribution >= 0.6 is 0 Å². The Morgan fingerprint density at radius 2 is 1.67 bits per heavy atom. The van der Waals surface area contributed by atoms with Crippen LogP contribution in [0.3, 0.4) is 0 Å². The van der Waals surface area contributed by atoms with Crippen molar-refractivity contribution in [2.75, 3.05) is 11.9 Å². The standard InChI is InChI=1S/C21H20N2O/c24-21(22-19-13-6-11-16-8-4-5-12-18(16)19)23-15-7-14-20(23)17-9-2-1-3-10-17/h1-6,8-13,20H,7,14-15H2,(H,22,24). The van der Waals surface area contributed by atoms with Crippen molar-refractivity contribution in [3.63, 3.8) is 0 Å². The Morgan fingerprint density at radius 1 is 0.917 bits per heavy atom. The van der Waals surface area contributed by atoms with Gasteiger partial charge in [-0.25, -0.2) is 4.79 Å². The lowest BCUT2D eigenvalue weighted by Gasteiger charge is -2.25. The maximum atomic E-state index is 12.9. The number of fused-ring (bicyclic) bond motifs is 1. The van der Waals surface area contributed by atoms with Crippen molar-refractivity contribution >= 4 is 22.5 Å². The summed E-state index contributed by atoms with van der Waals surface area (Å²) in [5.41, 5.74) is 2.08. The number of anilines is 1. The second-order valence-electron chi connectivity index (χ2n) is 6.22. The van der Waals surface area contributed by atoms with E-state index in [9.17, 15) is 4.79 Å². The minimum Gasteiger partial charge on any atom is -0.317 e. The molecule has 0 spiro atoms. The SMILES string of the molecule is O=C(Nc1cccc2ccccc12)N1CCCC1c1ccccc1. The average molecular weight is 316 g/mol. The molecule has 3 aromatic rings. The maximum Gasteiger partial charge on any atom is 0.322 e. The average Bonchev–Trinajstić information content (AvgIpc) is 3.13. The summed E-state index contributed by atoms with van der Waals surface area (Å²) < 4.78 is 0. The predicted molar refractivity (Wildman–Crippen MR) is 98.1 cm³/mol. The summed E-state index contributed by atoms with van der Waals surface area (Å²) in [6.07, 6.45) is 2.06. The molecule has 2 amide bonds. The van der Waals surface area contributed by atoms with E-state index in [0.29, 0.717) is 0 Å². The Kier molecular flexibility index (Phi) is 3.91. The van der Waals surface area contributed by atoms with Gasteiger partial charge in [0.15, 0.2) is 0 Å². The highest BCUT2D eigenvalue weighted by atomic mass is 16.2. The number of hydrogen-bond donors (Lipinski definition) is 1. The van der Waals surface area contributed by atoms with E-state index in [0.717, 1.165) is 35.8 Å². The van der Waals surface area contributed by atoms with Gasteiger partial charge in [0.25, 0.3) is 0 Å². The molecule has 1 aliphatic rings. The molecule has 1 unspecified atom stereocenters. The molecule has 120 valence electrons. The second kappa shape index (κ2) is 6.36. The van der Waals surface area contributed by atoms with E-state index >= 15 is 0 Å². The van der Waals surface area contributed by atoms with E-state index in [1.165, 1.54) is 5.56 Å². The third-order valence-corrected chi connectivity index (χ3v) is 4.73. The molecule has 1 heterocycles. The van der Waals surface area contributed by atoms with Gasteiger partial charge < -0.3 is 10.2 Å². The van der Waals surface area contributed by atoms with Crippen LogP contribution in [0.5, 0.6) is 0 Å². The zero-order chi connectivity index (χ0) is 16.4. The Morgan fingerprint density at radius 3 is 2.54 bits per heavy atom. The smallest absolute Gasteiger partial charge is 0.317 e. The molecule has 0 aromatic heterocycles. The van der Waals surface area contributed by atoms with Crippen molar-refractivity contribution in [1.82, 2.24) is 4.90 Å². The molecule has 0 saturated carbocycles. The number of benzene rings is 3. The summed E-state index contributed by atoms with van der Waals surface area (Å²) in [6.45, 7) is 0.802. The van der Waals surface area contributed by atoms with Crippen LogP contribution in [0.15, 0.2) is 72.8 Å². The number of carbonyl (C=O) groups is 1. The summed E-state index contributed by atoms with van der Waals surface area (Å²) in [6, 6.07) is 24.6. The second-order valence-corrected chi connectivity index (χ2v) is 6.22. The fourth-order valence-electron chi connectivity index (χ4n) is 3.55. The fourth-order valence-corrected chi connectivity index (χ4v) is 3.55. The molecule has 1 saturated heterocycles. The minimum atomic E-state index is -0.0160. The van der Waals surface area contributed by atoms with Gasteiger partial charge in [-0.05, 0) is 29.9 Å². The topological polar surface area (TPSA) is 32.3 Å². The molecule has 0 radical (unpaired) electrons. The number of carbonyl (C=O) groups excluding carboxylic acids is 1. The van der Waals surface area contributed by atoms with Crippen molar-refractivity contribution in [2.24, 2.45) is 0 Å². The third-order valence-electron chi connectivity index (χ3n) is 4.73. The molecule has 1 atom stereocenters. The van der Waals surface area contributed by atoms with Crippen LogP contribution in [-0.2, 0) is 0 Å². The van der Waals surface area contributed by atoms with Crippen molar-refractivity contribution in [3.05, 3.63) is 78.4 Å². The van der Waals surface area contributed by atoms with Gasteiger partial charge in [-0.3, -0.25) is 0 Å². The fraction of sp³-hybridized carbons (Fsp3) is 0.190. The zero-order valence-corrected chi connectivity index (χ0v) is 13.5. The highest BCUT2D eigenvalue weighted by Gasteiger charge is 2.29. The molecule has 3 heteroatoms. The molecule has 24 heavy (non-hydrogen) atoms. The molecular formula is C21H20N2O. The van der Waals surface area contributed by atoms with Crippen LogP contribution in [0.2, 0.25) is 0 Å². The number of nitrogens with one attached hydrogen (secondary N) is 1. The first-order valence-electron chi connectivity index (χ1n) is 8.43. The highest BCUT2D eigenvalue weighted by molar-refractivity contribution is 6.01. The number of hydrogen-bond acceptors (Lipinski definition) is 1. The summed E-state index contributed by atoms with van der Waals surface area (Å²) >= 11 is 0. The molecule has 3 nitrogen and oxygen atoms in total. The first kappa shape index (κ1) is 14.8. The minimum absolute atomic E-state index is 0.0160. The Bertz CT molecular complexity index is 855. The lowest BCUT2D eigenvalue weighted by molar-refractivity contribution is 0.207. The lowest BCUT2D eigenvalue weighted by Crippen LogP contribution is -2.34. The molecule has 3 aromatic carbocycles. The van der Waals surface area contributed by atoms with Gasteiger partial charge in [0.2, 0.25) is 0 Å². The van der Waals surface area contributed by atoms with Gasteiger partial charge in [-0.15, -0.1) is 0 Å². The van der Waals surface area contributed by atoms with Crippen molar-refractivity contribution in [2.45, 2.75) is 18.9 Å². The normalized spacial score (nSPS) is 17.2. The van der Waals surface area contributed by atoms with Crippen LogP contribution in [0, 0.1) is 0 Å². The van der Waals surface area contributed by atoms with E-state index < -0.39 is 0 Å². The van der Waals surface area contributed by atoms with Crippen LogP contribution < -0.4 is 5.32 Å². The molecular weight excluding hydrogens is 296 g/mol. The van der Waals surface area contributed by atoms with E-state index in [1.807, 2.05) is 53.4 Å². The van der Waals surface area contributed by atoms with Gasteiger partial charge in [-0.2, -0.15) is 0 Å². The Labute approximate surface area is 141 Å². The number of nitrogens with zero attached hydrogens (tertiary/aromatic N) is 1. The summed E-state index contributed by atoms with van der Waals surface area (Å²) in [5, 5.41) is 5.32. The number of rotatable bonds is 2. The van der Waals surface area contributed by atoms with Gasteiger partial charge in [-0.1, -0.05) is 66.7 Å². The van der Waals surface area contributed by atoms with Crippen molar-refractivity contribution < 1.29 is 4.79 Å². The molecule has 1 aliphatic heterocycles. The Hall–Kier alpha value is -2.81. The van der Waals surface area contributed by atoms with Gasteiger partial charge in [0.1, 0.15) is 0 Å². The quantitative estimate of drug-likeness (QED) is 0.691. The Balaban J connectivity index is 1.59. The highest BCUT2D eigenvalue weighted by Crippen LogP contribution is 2.32. The largest absolute Gasteiger partial charge is 0.322 e. The molecule has 4 rings (SSSR count). The monoisotopic (exact) mass is 316 g/mol. The van der Waals surface area contributed by atoms with Crippen LogP contribution in [0.4, 0.5) is 10.5 Å². The first-order valence-corrected chi connectivity index (χ1v) is 8.43. The molecule has 0 aliphatic carbocycles. The first-order chi connectivity index (χ1) is 11.8. The lowest BCUT2D eigenvalue weighted by atomic mass is 10.1. The van der Waals surface area contributed by atoms with Gasteiger partial charge in [0, 0.05) is 11.9 Å². The van der Waals surface area contributed by atoms with Crippen LogP contribution in [-0.4, -0.2) is 17.5 Å². The summed E-state index contributed by atoms with van der Waals surface area (Å²) in [5.74, 6) is 0. The van der Waals surface area contributed by atoms with Crippen molar-refractivity contribution in [3.8, 4) is 0 Å². The molecule has 0 bridgehead atoms. The third kappa shape index (κ3) is 2.73. The number of urea groups is 1. The number of amides is 2. The van der Waals surface area contributed by atoms with Crippen LogP contribution in [0.1, 0.15) is 24.4 Å². The van der Waals surface area contributed by atoms with E-state index in [-0.39, 0.29) is 12.1 Å². The van der Waals surface area contributed by atoms with E-state index in [1.54, 1.807) is 0 Å². The van der Waals surface area contributed by atoms with E-state index in [2.05, 4.69) is 29.6 Å². The van der Waals surface area contributed by atoms with Crippen molar-refractivity contribution in [1.29, 1.82) is 0 Å². The van der Waals surface area contributed by atoms with Gasteiger partial charge >= 0.3 is 6.03 Å². The van der Waals surface area contributed by atoms with Gasteiger partial charge in [0.05, 0.1) is 11.7 Å². The summed E-state index contributed by atoms with van der Waals surface area (Å²) in [4.78, 5) is 14.8.